The largest absolute Gasteiger partial charge is 0.493 e. The van der Waals surface area contributed by atoms with Gasteiger partial charge in [0.1, 0.15) is 22.6 Å². The summed E-state index contributed by atoms with van der Waals surface area (Å²) < 4.78 is 114. The Labute approximate surface area is 269 Å². The molecule has 0 unspecified atom stereocenters. The van der Waals surface area contributed by atoms with E-state index in [2.05, 4.69) is 13.2 Å². The number of carbonyl (C=O) groups is 3. The van der Waals surface area contributed by atoms with Gasteiger partial charge in [0.2, 0.25) is 0 Å². The molecule has 47 heavy (non-hydrogen) atoms. The number of benzene rings is 1. The molecule has 0 aromatic heterocycles. The third-order valence-electron chi connectivity index (χ3n) is 6.94. The van der Waals surface area contributed by atoms with Crippen LogP contribution in [0.2, 0.25) is 0 Å². The van der Waals surface area contributed by atoms with E-state index in [-0.39, 0.29) is 38.8 Å². The van der Waals surface area contributed by atoms with Crippen LogP contribution in [-0.4, -0.2) is 57.2 Å². The van der Waals surface area contributed by atoms with Crippen LogP contribution in [-0.2, 0) is 45.7 Å². The number of alkyl halides is 6. The number of unbranched alkanes of at least 4 members (excludes halogenated alkanes) is 7. The van der Waals surface area contributed by atoms with E-state index in [0.717, 1.165) is 37.8 Å². The standard InChI is InChI=1S/C32H40F6O9/c1-3-25(39)43-18-12-7-5-6-10-14-22-20-45-30(46-21-22)29(41)47-24-16-15-23(27(31(33,34)35)28(24)32(36,37)38)42-17-11-8-9-13-19-44-26(40)4-2/h3-4,15-16,22,30H,1-2,5-14,17-21H2. The average Bonchev–Trinajstić information content (AvgIpc) is 3.02. The van der Waals surface area contributed by atoms with Crippen LogP contribution in [0, 0.1) is 5.92 Å². The Morgan fingerprint density at radius 2 is 1.15 bits per heavy atom. The van der Waals surface area contributed by atoms with E-state index in [1.807, 2.05) is 0 Å². The van der Waals surface area contributed by atoms with Crippen LogP contribution in [0.5, 0.6) is 11.5 Å². The van der Waals surface area contributed by atoms with Crippen molar-refractivity contribution in [3.63, 3.8) is 0 Å². The summed E-state index contributed by atoms with van der Waals surface area (Å²) in [5, 5.41) is 0. The highest BCUT2D eigenvalue weighted by Gasteiger charge is 2.49. The normalized spacial score (nSPS) is 16.6. The number of rotatable bonds is 20. The summed E-state index contributed by atoms with van der Waals surface area (Å²) in [6, 6.07) is 1.26. The Bertz CT molecular complexity index is 1170. The molecule has 1 aromatic rings. The van der Waals surface area contributed by atoms with Crippen LogP contribution >= 0.6 is 0 Å². The zero-order valence-corrected chi connectivity index (χ0v) is 25.9. The summed E-state index contributed by atoms with van der Waals surface area (Å²) in [6.07, 6.45) is -4.13. The summed E-state index contributed by atoms with van der Waals surface area (Å²) in [5.74, 6) is -5.00. The number of hydrogen-bond acceptors (Lipinski definition) is 9. The third-order valence-corrected chi connectivity index (χ3v) is 6.94. The second kappa shape index (κ2) is 19.9. The molecule has 0 atom stereocenters. The van der Waals surface area contributed by atoms with E-state index in [0.29, 0.717) is 50.8 Å². The van der Waals surface area contributed by atoms with Gasteiger partial charge in [0.25, 0.3) is 6.29 Å². The predicted molar refractivity (Wildman–Crippen MR) is 155 cm³/mol. The lowest BCUT2D eigenvalue weighted by atomic mass is 10.0. The quantitative estimate of drug-likeness (QED) is 0.0459. The number of esters is 3. The molecule has 0 N–H and O–H groups in total. The lowest BCUT2D eigenvalue weighted by Crippen LogP contribution is -2.39. The molecule has 9 nitrogen and oxygen atoms in total. The molecule has 1 fully saturated rings. The Hall–Kier alpha value is -3.59. The van der Waals surface area contributed by atoms with Crippen LogP contribution in [0.15, 0.2) is 37.4 Å². The van der Waals surface area contributed by atoms with Gasteiger partial charge < -0.3 is 28.4 Å². The number of hydrogen-bond donors (Lipinski definition) is 0. The van der Waals surface area contributed by atoms with Crippen molar-refractivity contribution in [1.82, 2.24) is 0 Å². The van der Waals surface area contributed by atoms with Crippen LogP contribution < -0.4 is 9.47 Å². The summed E-state index contributed by atoms with van der Waals surface area (Å²) in [6.45, 7) is 6.78. The highest BCUT2D eigenvalue weighted by atomic mass is 19.4. The molecule has 1 aliphatic rings. The molecule has 0 bridgehead atoms. The van der Waals surface area contributed by atoms with Crippen molar-refractivity contribution < 1.29 is 69.1 Å². The molecule has 1 saturated heterocycles. The van der Waals surface area contributed by atoms with Crippen LogP contribution in [0.1, 0.15) is 75.3 Å². The maximum atomic E-state index is 14.0. The van der Waals surface area contributed by atoms with Gasteiger partial charge >= 0.3 is 30.3 Å². The number of halogens is 6. The first-order chi connectivity index (χ1) is 22.3. The van der Waals surface area contributed by atoms with Crippen LogP contribution in [0.25, 0.3) is 0 Å². The lowest BCUT2D eigenvalue weighted by Gasteiger charge is -2.28. The van der Waals surface area contributed by atoms with Crippen LogP contribution in [0.4, 0.5) is 26.3 Å². The highest BCUT2D eigenvalue weighted by molar-refractivity contribution is 5.81. The zero-order valence-electron chi connectivity index (χ0n) is 25.9. The minimum atomic E-state index is -5.56. The fourth-order valence-corrected chi connectivity index (χ4v) is 4.60. The Balaban J connectivity index is 1.90. The maximum absolute atomic E-state index is 14.0. The number of ether oxygens (including phenoxy) is 6. The minimum absolute atomic E-state index is 0.0456. The van der Waals surface area contributed by atoms with Gasteiger partial charge in [-0.1, -0.05) is 38.8 Å². The second-order valence-corrected chi connectivity index (χ2v) is 10.7. The molecule has 0 spiro atoms. The van der Waals surface area contributed by atoms with Gasteiger partial charge in [-0.2, -0.15) is 26.3 Å². The van der Waals surface area contributed by atoms with E-state index >= 15 is 0 Å². The monoisotopic (exact) mass is 682 g/mol. The highest BCUT2D eigenvalue weighted by Crippen LogP contribution is 2.49. The molecule has 0 amide bonds. The maximum Gasteiger partial charge on any atom is 0.420 e. The predicted octanol–water partition coefficient (Wildman–Crippen LogP) is 7.36. The Morgan fingerprint density at radius 1 is 0.702 bits per heavy atom. The average molecular weight is 683 g/mol. The summed E-state index contributed by atoms with van der Waals surface area (Å²) in [7, 11) is 0. The fraction of sp³-hybridized carbons (Fsp3) is 0.594. The van der Waals surface area contributed by atoms with E-state index < -0.39 is 59.2 Å². The first kappa shape index (κ1) is 39.6. The van der Waals surface area contributed by atoms with E-state index in [1.54, 1.807) is 0 Å². The molecule has 264 valence electrons. The SMILES string of the molecule is C=CC(=O)OCCCCCCCC1COC(C(=O)Oc2ccc(OCCCCCCOC(=O)C=C)c(C(F)(F)F)c2C(F)(F)F)OC1. The van der Waals surface area contributed by atoms with Crippen molar-refractivity contribution >= 4 is 17.9 Å². The molecule has 15 heteroatoms. The molecule has 1 aromatic carbocycles. The minimum Gasteiger partial charge on any atom is -0.493 e. The summed E-state index contributed by atoms with van der Waals surface area (Å²) in [5.41, 5.74) is -4.32. The van der Waals surface area contributed by atoms with E-state index in [9.17, 15) is 40.7 Å². The van der Waals surface area contributed by atoms with Crippen molar-refractivity contribution in [3.8, 4) is 11.5 Å². The Morgan fingerprint density at radius 3 is 1.66 bits per heavy atom. The van der Waals surface area contributed by atoms with Gasteiger partial charge in [0.15, 0.2) is 0 Å². The summed E-state index contributed by atoms with van der Waals surface area (Å²) >= 11 is 0. The van der Waals surface area contributed by atoms with Gasteiger partial charge in [0, 0.05) is 18.1 Å². The summed E-state index contributed by atoms with van der Waals surface area (Å²) in [4.78, 5) is 34.6. The van der Waals surface area contributed by atoms with Crippen molar-refractivity contribution in [3.05, 3.63) is 48.6 Å². The van der Waals surface area contributed by atoms with Gasteiger partial charge in [-0.25, -0.2) is 14.4 Å². The topological polar surface area (TPSA) is 107 Å². The molecular formula is C32H40F6O9. The number of carbonyl (C=O) groups excluding carboxylic acids is 3. The van der Waals surface area contributed by atoms with Gasteiger partial charge in [-0.15, -0.1) is 0 Å². The molecule has 0 aliphatic carbocycles. The zero-order chi connectivity index (χ0) is 34.9. The molecule has 0 radical (unpaired) electrons. The first-order valence-electron chi connectivity index (χ1n) is 15.2. The van der Waals surface area contributed by atoms with Gasteiger partial charge in [-0.05, 0) is 50.7 Å². The van der Waals surface area contributed by atoms with Crippen molar-refractivity contribution in [2.24, 2.45) is 5.92 Å². The van der Waals surface area contributed by atoms with E-state index in [4.69, 9.17) is 28.4 Å². The molecule has 0 saturated carbocycles. The van der Waals surface area contributed by atoms with Gasteiger partial charge in [0.05, 0.1) is 33.0 Å². The molecule has 1 heterocycles. The third kappa shape index (κ3) is 14.4. The fourth-order valence-electron chi connectivity index (χ4n) is 4.60. The van der Waals surface area contributed by atoms with E-state index in [1.165, 1.54) is 0 Å². The van der Waals surface area contributed by atoms with Crippen molar-refractivity contribution in [1.29, 1.82) is 0 Å². The first-order valence-corrected chi connectivity index (χ1v) is 15.2. The van der Waals surface area contributed by atoms with Crippen molar-refractivity contribution in [2.75, 3.05) is 33.0 Å². The second-order valence-electron chi connectivity index (χ2n) is 10.7. The lowest BCUT2D eigenvalue weighted by molar-refractivity contribution is -0.216. The molecule has 1 aliphatic heterocycles. The van der Waals surface area contributed by atoms with Crippen LogP contribution in [0.3, 0.4) is 0 Å². The Kier molecular flexibility index (Phi) is 16.8. The van der Waals surface area contributed by atoms with Crippen molar-refractivity contribution in [2.45, 2.75) is 82.9 Å². The van der Waals surface area contributed by atoms with Gasteiger partial charge in [-0.3, -0.25) is 0 Å². The smallest absolute Gasteiger partial charge is 0.420 e. The molecule has 2 rings (SSSR count). The molecular weight excluding hydrogens is 642 g/mol.